The van der Waals surface area contributed by atoms with Crippen molar-refractivity contribution in [3.8, 4) is 0 Å². The number of ether oxygens (including phenoxy) is 1. The molecule has 2 atom stereocenters. The molecule has 2 amide bonds. The van der Waals surface area contributed by atoms with Gasteiger partial charge in [0.2, 0.25) is 0 Å². The van der Waals surface area contributed by atoms with Crippen LogP contribution in [0.3, 0.4) is 0 Å². The Balaban J connectivity index is 1.57. The van der Waals surface area contributed by atoms with Crippen LogP contribution in [0.15, 0.2) is 65.3 Å². The molecular formula is C24H26N2O5. The average molecular weight is 422 g/mol. The number of fused-ring (bicyclic) bond motifs is 1. The van der Waals surface area contributed by atoms with Gasteiger partial charge in [0, 0.05) is 0 Å². The van der Waals surface area contributed by atoms with Crippen molar-refractivity contribution in [2.75, 3.05) is 6.61 Å². The molecule has 162 valence electrons. The van der Waals surface area contributed by atoms with Crippen LogP contribution in [-0.4, -0.2) is 30.4 Å². The quantitative estimate of drug-likeness (QED) is 0.541. The summed E-state index contributed by atoms with van der Waals surface area (Å²) < 4.78 is 10.2. The monoisotopic (exact) mass is 422 g/mol. The molecule has 2 aromatic carbocycles. The van der Waals surface area contributed by atoms with Gasteiger partial charge in [-0.2, -0.15) is 0 Å². The van der Waals surface area contributed by atoms with E-state index >= 15 is 0 Å². The summed E-state index contributed by atoms with van der Waals surface area (Å²) in [6, 6.07) is 15.7. The number of benzene rings is 2. The highest BCUT2D eigenvalue weighted by molar-refractivity contribution is 5.95. The van der Waals surface area contributed by atoms with Crippen LogP contribution in [0.2, 0.25) is 0 Å². The first kappa shape index (κ1) is 22.1. The minimum atomic E-state index is -0.902. The summed E-state index contributed by atoms with van der Waals surface area (Å²) in [5.74, 6) is -1.75. The van der Waals surface area contributed by atoms with Gasteiger partial charge < -0.3 is 19.8 Å². The van der Waals surface area contributed by atoms with Crippen molar-refractivity contribution in [2.45, 2.75) is 32.9 Å². The fraction of sp³-hybridized carbons (Fsp3) is 0.292. The van der Waals surface area contributed by atoms with E-state index in [-0.39, 0.29) is 17.7 Å². The van der Waals surface area contributed by atoms with Gasteiger partial charge in [-0.3, -0.25) is 9.59 Å². The molecule has 0 radical (unpaired) electrons. The standard InChI is InChI=1S/C24H26N2O5/c1-15(2)22(26-23(28)20-12-7-13-30-20)24(29)31-14-21(27)25-16(3)18-11-6-9-17-8-4-5-10-19(17)18/h4-13,15-16,22H,14H2,1-3H3,(H,25,27)(H,26,28)/t16-,22+/m1/s1. The number of carbonyl (C=O) groups is 3. The highest BCUT2D eigenvalue weighted by Gasteiger charge is 2.27. The lowest BCUT2D eigenvalue weighted by Gasteiger charge is -2.21. The summed E-state index contributed by atoms with van der Waals surface area (Å²) in [4.78, 5) is 37.0. The van der Waals surface area contributed by atoms with Crippen molar-refractivity contribution >= 4 is 28.6 Å². The molecular weight excluding hydrogens is 396 g/mol. The second kappa shape index (κ2) is 9.93. The molecule has 0 saturated carbocycles. The fourth-order valence-electron chi connectivity index (χ4n) is 3.33. The molecule has 0 spiro atoms. The second-order valence-corrected chi connectivity index (χ2v) is 7.64. The number of furan rings is 1. The largest absolute Gasteiger partial charge is 0.459 e. The molecule has 0 unspecified atom stereocenters. The molecule has 0 fully saturated rings. The molecule has 1 heterocycles. The van der Waals surface area contributed by atoms with Gasteiger partial charge >= 0.3 is 5.97 Å². The Hall–Kier alpha value is -3.61. The Morgan fingerprint density at radius 3 is 2.39 bits per heavy atom. The molecule has 31 heavy (non-hydrogen) atoms. The van der Waals surface area contributed by atoms with Crippen molar-refractivity contribution in [1.29, 1.82) is 0 Å². The lowest BCUT2D eigenvalue weighted by Crippen LogP contribution is -2.46. The molecule has 0 aliphatic heterocycles. The number of amides is 2. The van der Waals surface area contributed by atoms with Gasteiger partial charge in [-0.25, -0.2) is 4.79 Å². The minimum absolute atomic E-state index is 0.0973. The van der Waals surface area contributed by atoms with Crippen LogP contribution < -0.4 is 10.6 Å². The first-order valence-corrected chi connectivity index (χ1v) is 10.1. The van der Waals surface area contributed by atoms with Gasteiger partial charge in [0.1, 0.15) is 6.04 Å². The lowest BCUT2D eigenvalue weighted by atomic mass is 10.00. The molecule has 0 saturated heterocycles. The smallest absolute Gasteiger partial charge is 0.329 e. The molecule has 7 nitrogen and oxygen atoms in total. The van der Waals surface area contributed by atoms with Crippen molar-refractivity contribution in [3.05, 3.63) is 72.2 Å². The predicted octanol–water partition coefficient (Wildman–Crippen LogP) is 3.61. The number of carbonyl (C=O) groups excluding carboxylic acids is 3. The fourth-order valence-corrected chi connectivity index (χ4v) is 3.33. The van der Waals surface area contributed by atoms with Crippen molar-refractivity contribution in [3.63, 3.8) is 0 Å². The first-order valence-electron chi connectivity index (χ1n) is 10.1. The zero-order valence-corrected chi connectivity index (χ0v) is 17.8. The Labute approximate surface area is 180 Å². The molecule has 3 rings (SSSR count). The van der Waals surface area contributed by atoms with Crippen molar-refractivity contribution in [1.82, 2.24) is 10.6 Å². The van der Waals surface area contributed by atoms with Crippen LogP contribution in [0.25, 0.3) is 10.8 Å². The maximum Gasteiger partial charge on any atom is 0.329 e. The van der Waals surface area contributed by atoms with Crippen LogP contribution in [-0.2, 0) is 14.3 Å². The third kappa shape index (κ3) is 5.51. The molecule has 0 aliphatic carbocycles. The van der Waals surface area contributed by atoms with Crippen molar-refractivity contribution in [2.24, 2.45) is 5.92 Å². The Kier molecular flexibility index (Phi) is 7.07. The van der Waals surface area contributed by atoms with Gasteiger partial charge in [0.25, 0.3) is 11.8 Å². The molecule has 3 aromatic rings. The van der Waals surface area contributed by atoms with Crippen LogP contribution >= 0.6 is 0 Å². The zero-order valence-electron chi connectivity index (χ0n) is 17.8. The summed E-state index contributed by atoms with van der Waals surface area (Å²) >= 11 is 0. The maximum absolute atomic E-state index is 12.5. The Morgan fingerprint density at radius 1 is 0.935 bits per heavy atom. The maximum atomic E-state index is 12.5. The predicted molar refractivity (Wildman–Crippen MR) is 116 cm³/mol. The molecule has 7 heteroatoms. The van der Waals surface area contributed by atoms with E-state index in [1.165, 1.54) is 12.3 Å². The van der Waals surface area contributed by atoms with Gasteiger partial charge in [0.15, 0.2) is 12.4 Å². The zero-order chi connectivity index (χ0) is 22.4. The molecule has 2 N–H and O–H groups in total. The van der Waals surface area contributed by atoms with Gasteiger partial charge in [-0.1, -0.05) is 56.3 Å². The number of esters is 1. The van der Waals surface area contributed by atoms with Crippen LogP contribution in [0.4, 0.5) is 0 Å². The average Bonchev–Trinajstić information content (AvgIpc) is 3.30. The van der Waals surface area contributed by atoms with E-state index in [4.69, 9.17) is 9.15 Å². The van der Waals surface area contributed by atoms with E-state index in [9.17, 15) is 14.4 Å². The molecule has 0 aliphatic rings. The Bertz CT molecular complexity index is 1050. The number of rotatable bonds is 8. The van der Waals surface area contributed by atoms with Gasteiger partial charge in [0.05, 0.1) is 12.3 Å². The van der Waals surface area contributed by atoms with E-state index < -0.39 is 30.4 Å². The third-order valence-electron chi connectivity index (χ3n) is 4.97. The third-order valence-corrected chi connectivity index (χ3v) is 4.97. The van der Waals surface area contributed by atoms with Gasteiger partial charge in [-0.05, 0) is 41.3 Å². The lowest BCUT2D eigenvalue weighted by molar-refractivity contribution is -0.151. The first-order chi connectivity index (χ1) is 14.9. The number of nitrogens with one attached hydrogen (secondary N) is 2. The number of hydrogen-bond acceptors (Lipinski definition) is 5. The topological polar surface area (TPSA) is 97.6 Å². The van der Waals surface area contributed by atoms with Crippen LogP contribution in [0, 0.1) is 5.92 Å². The highest BCUT2D eigenvalue weighted by Crippen LogP contribution is 2.23. The Morgan fingerprint density at radius 2 is 1.68 bits per heavy atom. The van der Waals surface area contributed by atoms with E-state index in [0.29, 0.717) is 0 Å². The SMILES string of the molecule is CC(C)[C@H](NC(=O)c1ccco1)C(=O)OCC(=O)N[C@H](C)c1cccc2ccccc12. The summed E-state index contributed by atoms with van der Waals surface area (Å²) in [6.45, 7) is 4.99. The van der Waals surface area contributed by atoms with Gasteiger partial charge in [-0.15, -0.1) is 0 Å². The van der Waals surface area contributed by atoms with Crippen LogP contribution in [0.5, 0.6) is 0 Å². The normalized spacial score (nSPS) is 12.9. The van der Waals surface area contributed by atoms with Crippen LogP contribution in [0.1, 0.15) is 42.9 Å². The minimum Gasteiger partial charge on any atom is -0.459 e. The second-order valence-electron chi connectivity index (χ2n) is 7.64. The van der Waals surface area contributed by atoms with E-state index in [0.717, 1.165) is 16.3 Å². The summed E-state index contributed by atoms with van der Waals surface area (Å²) in [6.07, 6.45) is 1.37. The molecule has 0 bridgehead atoms. The summed E-state index contributed by atoms with van der Waals surface area (Å²) in [5.41, 5.74) is 0.976. The van der Waals surface area contributed by atoms with Crippen molar-refractivity contribution < 1.29 is 23.5 Å². The number of hydrogen-bond donors (Lipinski definition) is 2. The van der Waals surface area contributed by atoms with E-state index in [1.807, 2.05) is 49.4 Å². The highest BCUT2D eigenvalue weighted by atomic mass is 16.5. The van der Waals surface area contributed by atoms with E-state index in [2.05, 4.69) is 10.6 Å². The molecule has 1 aromatic heterocycles. The summed E-state index contributed by atoms with van der Waals surface area (Å²) in [7, 11) is 0. The summed E-state index contributed by atoms with van der Waals surface area (Å²) in [5, 5.41) is 7.58. The van der Waals surface area contributed by atoms with E-state index in [1.54, 1.807) is 19.9 Å².